The van der Waals surface area contributed by atoms with Gasteiger partial charge in [-0.2, -0.15) is 0 Å². The van der Waals surface area contributed by atoms with Crippen molar-refractivity contribution in [3.63, 3.8) is 0 Å². The Hall–Kier alpha value is -0.700. The highest BCUT2D eigenvalue weighted by Crippen LogP contribution is 2.44. The van der Waals surface area contributed by atoms with Crippen molar-refractivity contribution in [3.8, 4) is 0 Å². The second-order valence-corrected chi connectivity index (χ2v) is 28.2. The second-order valence-electron chi connectivity index (χ2n) is 28.2. The van der Waals surface area contributed by atoms with Crippen molar-refractivity contribution >= 4 is 0 Å². The lowest BCUT2D eigenvalue weighted by molar-refractivity contribution is 0.322. The summed E-state index contributed by atoms with van der Waals surface area (Å²) in [5.41, 5.74) is 62.2. The van der Waals surface area contributed by atoms with Crippen LogP contribution in [0.4, 0.5) is 0 Å². The van der Waals surface area contributed by atoms with Crippen molar-refractivity contribution in [1.82, 2.24) is 0 Å². The van der Waals surface area contributed by atoms with Gasteiger partial charge in [0.1, 0.15) is 0 Å². The molecule has 13 aliphatic rings. The van der Waals surface area contributed by atoms with E-state index in [1.54, 1.807) is 0 Å². The van der Waals surface area contributed by atoms with Crippen molar-refractivity contribution in [2.45, 2.75) is 369 Å². The number of fused-ring (bicyclic) bond motifs is 4. The van der Waals surface area contributed by atoms with Gasteiger partial charge in [-0.25, -0.2) is 0 Å². The molecule has 0 aromatic carbocycles. The first-order valence-electron chi connectivity index (χ1n) is 33.9. The van der Waals surface area contributed by atoms with Gasteiger partial charge in [0.25, 0.3) is 0 Å². The smallest absolute Gasteiger partial charge is 0.0125 e. The molecule has 11 nitrogen and oxygen atoms in total. The first-order chi connectivity index (χ1) is 36.9. The van der Waals surface area contributed by atoms with Crippen LogP contribution in [0.1, 0.15) is 303 Å². The second kappa shape index (κ2) is 42.2. The van der Waals surface area contributed by atoms with Gasteiger partial charge in [0, 0.05) is 66.0 Å². The van der Waals surface area contributed by atoms with Gasteiger partial charge in [-0.1, -0.05) is 135 Å². The molecule has 77 heavy (non-hydrogen) atoms. The quantitative estimate of drug-likeness (QED) is 0.0801. The van der Waals surface area contributed by atoms with E-state index < -0.39 is 0 Å². The van der Waals surface area contributed by atoms with Crippen LogP contribution < -0.4 is 63.1 Å². The van der Waals surface area contributed by atoms with Gasteiger partial charge >= 0.3 is 0 Å². The highest BCUT2D eigenvalue weighted by atomic mass is 14.7. The summed E-state index contributed by atoms with van der Waals surface area (Å²) < 4.78 is 0. The third-order valence-electron chi connectivity index (χ3n) is 19.6. The fourth-order valence-electron chi connectivity index (χ4n) is 13.5. The molecule has 0 spiro atoms. The fourth-order valence-corrected chi connectivity index (χ4v) is 13.5. The molecule has 22 N–H and O–H groups in total. The number of rotatable bonds is 0. The molecule has 13 rings (SSSR count). The summed E-state index contributed by atoms with van der Waals surface area (Å²) >= 11 is 0. The molecule has 12 saturated carbocycles. The van der Waals surface area contributed by atoms with E-state index >= 15 is 0 Å². The third kappa shape index (κ3) is 37.2. The summed E-state index contributed by atoms with van der Waals surface area (Å²) in [6.07, 6.45) is 62.5. The van der Waals surface area contributed by atoms with Gasteiger partial charge in [-0.15, -0.1) is 0 Å². The monoisotopic (exact) mass is 1080 g/mol. The molecule has 0 heterocycles. The fraction of sp³-hybridized carbons (Fsp3) is 0.970. The van der Waals surface area contributed by atoms with Crippen LogP contribution in [0.5, 0.6) is 0 Å². The summed E-state index contributed by atoms with van der Waals surface area (Å²) in [7, 11) is 0. The summed E-state index contributed by atoms with van der Waals surface area (Å²) in [5.74, 6) is 5.71. The average molecular weight is 1080 g/mol. The molecule has 9 atom stereocenters. The van der Waals surface area contributed by atoms with Gasteiger partial charge in [0.2, 0.25) is 0 Å². The van der Waals surface area contributed by atoms with Crippen molar-refractivity contribution in [1.29, 1.82) is 0 Å². The van der Waals surface area contributed by atoms with E-state index in [0.29, 0.717) is 60.4 Å². The van der Waals surface area contributed by atoms with Crippen LogP contribution in [0.3, 0.4) is 0 Å². The van der Waals surface area contributed by atoms with Crippen LogP contribution in [-0.2, 0) is 0 Å². The molecule has 0 amide bonds. The lowest BCUT2D eigenvalue weighted by Crippen LogP contribution is -2.37. The first kappa shape index (κ1) is 70.6. The highest BCUT2D eigenvalue weighted by molar-refractivity contribution is 4.93. The van der Waals surface area contributed by atoms with Crippen LogP contribution in [0, 0.1) is 35.5 Å². The Labute approximate surface area is 477 Å². The average Bonchev–Trinajstić information content (AvgIpc) is 3.89. The zero-order chi connectivity index (χ0) is 56.3. The lowest BCUT2D eigenvalue weighted by atomic mass is 9.84. The molecule has 0 aromatic rings. The summed E-state index contributed by atoms with van der Waals surface area (Å²) in [6.45, 7) is 6.76. The summed E-state index contributed by atoms with van der Waals surface area (Å²) in [5, 5.41) is 0. The van der Waals surface area contributed by atoms with Crippen LogP contribution in [0.15, 0.2) is 12.2 Å². The van der Waals surface area contributed by atoms with Crippen LogP contribution in [0.2, 0.25) is 0 Å². The molecule has 0 aromatic heterocycles. The molecule has 456 valence electrons. The highest BCUT2D eigenvalue weighted by Gasteiger charge is 2.38. The van der Waals surface area contributed by atoms with Gasteiger partial charge in [-0.3, -0.25) is 0 Å². The van der Waals surface area contributed by atoms with E-state index in [9.17, 15) is 0 Å². The van der Waals surface area contributed by atoms with E-state index in [4.69, 9.17) is 63.1 Å². The molecule has 11 heteroatoms. The number of allylic oxidation sites excluding steroid dienone is 1. The molecule has 0 aliphatic heterocycles. The SMILES string of the molecule is CC1(N)CCCCC1.CC1CCC(N)CC1.CC1CCCC(N)C1.NC1CC1.NC1CC=CCC1.NC1CCC1.NC1CCCC1.NC1CCCCC1.NC1CCCCCC1.N[C@@H]1C[C@H]2CC[C@@H]1C2.N[C@H]1C[C@H]2CC[C@@H]1C2. The minimum Gasteiger partial charge on any atom is -0.328 e. The van der Waals surface area contributed by atoms with Crippen LogP contribution in [0.25, 0.3) is 0 Å². The van der Waals surface area contributed by atoms with Gasteiger partial charge in [0.15, 0.2) is 0 Å². The number of hydrogen-bond donors (Lipinski definition) is 11. The predicted octanol–water partition coefficient (Wildman–Crippen LogP) is 12.5. The Bertz CT molecular complexity index is 1320. The van der Waals surface area contributed by atoms with Gasteiger partial charge in [0.05, 0.1) is 0 Å². The number of hydrogen-bond acceptors (Lipinski definition) is 11. The summed E-state index contributed by atoms with van der Waals surface area (Å²) in [4.78, 5) is 0. The minimum absolute atomic E-state index is 0.179. The molecule has 0 radical (unpaired) electrons. The van der Waals surface area contributed by atoms with Crippen LogP contribution in [-0.4, -0.2) is 66.0 Å². The molecule has 3 unspecified atom stereocenters. The maximum absolute atomic E-state index is 5.88. The van der Waals surface area contributed by atoms with Gasteiger partial charge in [-0.05, 0) is 216 Å². The van der Waals surface area contributed by atoms with E-state index in [2.05, 4.69) is 32.9 Å². The van der Waals surface area contributed by atoms with Crippen molar-refractivity contribution in [2.75, 3.05) is 0 Å². The molecular formula is C66H137N11. The van der Waals surface area contributed by atoms with Crippen molar-refractivity contribution in [2.24, 2.45) is 98.6 Å². The Morgan fingerprint density at radius 1 is 0.299 bits per heavy atom. The largest absolute Gasteiger partial charge is 0.328 e. The van der Waals surface area contributed by atoms with E-state index in [1.165, 1.54) is 276 Å². The molecule has 4 bridgehead atoms. The maximum atomic E-state index is 5.88. The topological polar surface area (TPSA) is 286 Å². The standard InChI is InChI=1S/2C7H13N.4C7H15N.C6H13N.C6H11N.C5H11N.C4H9N.C3H7N/c2*8-7-4-5-1-2-6(7)3-5;1-6-2-4-7(8)5-3-6;1-6-3-2-4-7(8)5-6;1-7(8)5-3-2-4-6-7;8-7-5-3-1-2-4-6-7;2*7-6-4-2-1-3-5-6;6-5-3-1-2-4-5;5-4-2-1-3-4;4-3-1-2-3/h2*5-7H,1-4,8H2;2*6-7H,2-5,8H2,1H3;2-6,8H2,1H3;7H,1-6,8H2;6H,1-5,7H2;1-2,6H,3-5,7H2;5H,1-4,6H2;4H,1-3,5H2;3H,1-2,4H2/t5-,6+,7+;5-,6+,7-;;;;;;;;;/m00........./s1. The first-order valence-corrected chi connectivity index (χ1v) is 33.9. The Kier molecular flexibility index (Phi) is 38.6. The Morgan fingerprint density at radius 2 is 0.662 bits per heavy atom. The third-order valence-corrected chi connectivity index (χ3v) is 19.6. The van der Waals surface area contributed by atoms with Crippen LogP contribution >= 0.6 is 0 Å². The van der Waals surface area contributed by atoms with Crippen molar-refractivity contribution in [3.05, 3.63) is 12.2 Å². The maximum Gasteiger partial charge on any atom is 0.0125 e. The minimum atomic E-state index is 0.179. The van der Waals surface area contributed by atoms with E-state index in [0.717, 1.165) is 41.9 Å². The summed E-state index contributed by atoms with van der Waals surface area (Å²) in [6, 6.07) is 5.39. The molecule has 13 aliphatic carbocycles. The van der Waals surface area contributed by atoms with Gasteiger partial charge < -0.3 is 63.1 Å². The molecule has 0 saturated heterocycles. The Balaban J connectivity index is 0.000000224. The normalized spacial score (nSPS) is 34.9. The molecule has 12 fully saturated rings. The van der Waals surface area contributed by atoms with Crippen molar-refractivity contribution < 1.29 is 0 Å². The van der Waals surface area contributed by atoms with E-state index in [-0.39, 0.29) is 5.54 Å². The number of nitrogens with two attached hydrogens (primary N) is 11. The Morgan fingerprint density at radius 3 is 0.896 bits per heavy atom. The zero-order valence-corrected chi connectivity index (χ0v) is 51.4. The molecular weight excluding hydrogens is 947 g/mol. The predicted molar refractivity (Wildman–Crippen MR) is 337 cm³/mol. The zero-order valence-electron chi connectivity index (χ0n) is 51.4. The van der Waals surface area contributed by atoms with E-state index in [1.807, 2.05) is 0 Å². The lowest BCUT2D eigenvalue weighted by Gasteiger charge is -2.28.